The van der Waals surface area contributed by atoms with Crippen molar-refractivity contribution in [2.24, 2.45) is 5.92 Å². The van der Waals surface area contributed by atoms with Crippen LogP contribution in [-0.4, -0.2) is 37.0 Å². The minimum Gasteiger partial charge on any atom is -0.549 e. The van der Waals surface area contributed by atoms with Crippen LogP contribution in [0, 0.1) is 5.92 Å². The quantitative estimate of drug-likeness (QED) is 0.399. The summed E-state index contributed by atoms with van der Waals surface area (Å²) < 4.78 is 9.47. The van der Waals surface area contributed by atoms with E-state index < -0.39 is 5.97 Å². The van der Waals surface area contributed by atoms with E-state index in [0.717, 1.165) is 32.6 Å². The van der Waals surface area contributed by atoms with Crippen LogP contribution in [0.1, 0.15) is 29.9 Å². The predicted molar refractivity (Wildman–Crippen MR) is 121 cm³/mol. The molecule has 1 atom stereocenters. The molecule has 0 fully saturated rings. The Hall–Kier alpha value is -2.69. The van der Waals surface area contributed by atoms with Gasteiger partial charge in [-0.25, -0.2) is 4.40 Å². The van der Waals surface area contributed by atoms with E-state index in [0.29, 0.717) is 41.8 Å². The van der Waals surface area contributed by atoms with Crippen molar-refractivity contribution in [3.05, 3.63) is 56.7 Å². The lowest BCUT2D eigenvalue weighted by Crippen LogP contribution is -2.28. The molecule has 32 heavy (non-hydrogen) atoms. The number of nitrogens with zero attached hydrogens (tertiary/aromatic N) is 4. The number of carbonyl (C=O) groups excluding carboxylic acids is 1. The molecule has 5 rings (SSSR count). The zero-order chi connectivity index (χ0) is 22.4. The van der Waals surface area contributed by atoms with E-state index in [1.165, 1.54) is 11.3 Å². The Morgan fingerprint density at radius 1 is 1.31 bits per heavy atom. The zero-order valence-electron chi connectivity index (χ0n) is 17.6. The number of ether oxygens (including phenoxy) is 1. The van der Waals surface area contributed by atoms with Crippen LogP contribution in [0.3, 0.4) is 0 Å². The van der Waals surface area contributed by atoms with Gasteiger partial charge in [0.1, 0.15) is 4.83 Å². The lowest BCUT2D eigenvalue weighted by atomic mass is 9.96. The number of carboxylic acid groups (broad SMARTS) is 1. The molecule has 0 bridgehead atoms. The largest absolute Gasteiger partial charge is 0.549 e. The number of hydrogen-bond acceptors (Lipinski definition) is 8. The molecule has 10 heteroatoms. The van der Waals surface area contributed by atoms with Crippen molar-refractivity contribution in [3.63, 3.8) is 0 Å². The number of thiophene rings is 1. The van der Waals surface area contributed by atoms with E-state index in [1.807, 2.05) is 30.3 Å². The van der Waals surface area contributed by atoms with Crippen LogP contribution in [0.25, 0.3) is 16.0 Å². The fourth-order valence-electron chi connectivity index (χ4n) is 4.05. The highest BCUT2D eigenvalue weighted by Crippen LogP contribution is 2.37. The minimum absolute atomic E-state index is 0.0470. The summed E-state index contributed by atoms with van der Waals surface area (Å²) in [4.78, 5) is 26.6. The van der Waals surface area contributed by atoms with Crippen LogP contribution in [0.5, 0.6) is 0 Å². The SMILES string of the molecule is CC(C)[C@@H]1Cc2c(sc3c2c(=O)n(Cc2ccccc2)c2nnc(SCC(=O)[O-])n32)CO1. The van der Waals surface area contributed by atoms with Gasteiger partial charge in [0.25, 0.3) is 5.56 Å². The van der Waals surface area contributed by atoms with Crippen LogP contribution in [0.4, 0.5) is 0 Å². The third-order valence-electron chi connectivity index (χ3n) is 5.67. The topological polar surface area (TPSA) is 102 Å². The summed E-state index contributed by atoms with van der Waals surface area (Å²) >= 11 is 2.53. The Kier molecular flexibility index (Phi) is 5.52. The Balaban J connectivity index is 1.76. The molecule has 0 unspecified atom stereocenters. The number of fused-ring (bicyclic) bond motifs is 5. The first-order chi connectivity index (χ1) is 15.4. The van der Waals surface area contributed by atoms with E-state index in [4.69, 9.17) is 4.74 Å². The van der Waals surface area contributed by atoms with E-state index >= 15 is 0 Å². The van der Waals surface area contributed by atoms with Gasteiger partial charge in [0.05, 0.1) is 30.6 Å². The fourth-order valence-corrected chi connectivity index (χ4v) is 5.99. The second-order valence-electron chi connectivity index (χ2n) is 8.14. The fraction of sp³-hybridized carbons (Fsp3) is 0.364. The van der Waals surface area contributed by atoms with Gasteiger partial charge in [-0.1, -0.05) is 55.9 Å². The number of hydrogen-bond donors (Lipinski definition) is 0. The maximum Gasteiger partial charge on any atom is 0.264 e. The Morgan fingerprint density at radius 2 is 2.09 bits per heavy atom. The summed E-state index contributed by atoms with van der Waals surface area (Å²) in [5.74, 6) is -0.701. The summed E-state index contributed by atoms with van der Waals surface area (Å²) in [6, 6.07) is 9.70. The smallest absolute Gasteiger partial charge is 0.264 e. The van der Waals surface area contributed by atoms with Gasteiger partial charge < -0.3 is 14.6 Å². The van der Waals surface area contributed by atoms with Crippen molar-refractivity contribution < 1.29 is 14.6 Å². The molecule has 0 saturated carbocycles. The van der Waals surface area contributed by atoms with Crippen molar-refractivity contribution in [1.29, 1.82) is 0 Å². The average molecular weight is 470 g/mol. The van der Waals surface area contributed by atoms with Crippen LogP contribution in [-0.2, 0) is 29.1 Å². The number of aliphatic carboxylic acids is 1. The van der Waals surface area contributed by atoms with Crippen LogP contribution < -0.4 is 10.7 Å². The molecule has 1 aromatic carbocycles. The molecule has 0 amide bonds. The first kappa shape index (κ1) is 21.2. The van der Waals surface area contributed by atoms with E-state index in [1.54, 1.807) is 8.97 Å². The maximum atomic E-state index is 13.8. The lowest BCUT2D eigenvalue weighted by molar-refractivity contribution is -0.301. The van der Waals surface area contributed by atoms with Crippen molar-refractivity contribution in [2.75, 3.05) is 5.75 Å². The van der Waals surface area contributed by atoms with Crippen molar-refractivity contribution in [3.8, 4) is 0 Å². The van der Waals surface area contributed by atoms with Gasteiger partial charge in [-0.2, -0.15) is 0 Å². The average Bonchev–Trinajstić information content (AvgIpc) is 3.36. The molecule has 4 heterocycles. The standard InChI is InChI=1S/C22H22N4O4S2/c1-12(2)15-8-14-16(10-30-15)32-20-18(14)19(29)25(9-13-6-4-3-5-7-13)21-23-24-22(26(20)21)31-11-17(27)28/h3-7,12,15H,8-11H2,1-2H3,(H,27,28)/p-1/t15-/m0/s1. The van der Waals surface area contributed by atoms with Crippen molar-refractivity contribution in [1.82, 2.24) is 19.2 Å². The predicted octanol–water partition coefficient (Wildman–Crippen LogP) is 2.09. The van der Waals surface area contributed by atoms with Crippen molar-refractivity contribution >= 4 is 45.1 Å². The first-order valence-corrected chi connectivity index (χ1v) is 12.1. The highest BCUT2D eigenvalue weighted by molar-refractivity contribution is 7.99. The van der Waals surface area contributed by atoms with Gasteiger partial charge in [-0.3, -0.25) is 9.36 Å². The second kappa shape index (κ2) is 8.34. The highest BCUT2D eigenvalue weighted by atomic mass is 32.2. The van der Waals surface area contributed by atoms with Crippen LogP contribution in [0.15, 0.2) is 40.3 Å². The normalized spacial score (nSPS) is 16.2. The molecule has 4 aromatic rings. The molecule has 0 N–H and O–H groups in total. The van der Waals surface area contributed by atoms with Gasteiger partial charge in [-0.05, 0) is 17.0 Å². The molecule has 0 radical (unpaired) electrons. The number of benzene rings is 1. The summed E-state index contributed by atoms with van der Waals surface area (Å²) in [5.41, 5.74) is 1.88. The molecule has 1 aliphatic heterocycles. The number of aromatic nitrogens is 4. The molecular formula is C22H21N4O4S2-. The summed E-state index contributed by atoms with van der Waals surface area (Å²) in [6.45, 7) is 5.03. The Morgan fingerprint density at radius 3 is 2.81 bits per heavy atom. The van der Waals surface area contributed by atoms with Gasteiger partial charge in [0.15, 0.2) is 5.16 Å². The molecule has 3 aromatic heterocycles. The highest BCUT2D eigenvalue weighted by Gasteiger charge is 2.29. The number of rotatable bonds is 6. The summed E-state index contributed by atoms with van der Waals surface area (Å²) in [7, 11) is 0. The first-order valence-electron chi connectivity index (χ1n) is 10.3. The van der Waals surface area contributed by atoms with Crippen LogP contribution >= 0.6 is 23.1 Å². The number of carboxylic acids is 1. The molecule has 0 saturated heterocycles. The third kappa shape index (κ3) is 3.62. The Bertz CT molecular complexity index is 1370. The van der Waals surface area contributed by atoms with Gasteiger partial charge >= 0.3 is 0 Å². The van der Waals surface area contributed by atoms with E-state index in [-0.39, 0.29) is 17.4 Å². The molecule has 0 aliphatic carbocycles. The molecule has 166 valence electrons. The Labute approximate surface area is 191 Å². The zero-order valence-corrected chi connectivity index (χ0v) is 19.2. The number of thioether (sulfide) groups is 1. The van der Waals surface area contributed by atoms with Gasteiger partial charge in [0.2, 0.25) is 5.78 Å². The minimum atomic E-state index is -1.18. The summed E-state index contributed by atoms with van der Waals surface area (Å²) in [6.07, 6.45) is 0.716. The maximum absolute atomic E-state index is 13.8. The molecular weight excluding hydrogens is 448 g/mol. The summed E-state index contributed by atoms with van der Waals surface area (Å²) in [5, 5.41) is 20.6. The monoisotopic (exact) mass is 469 g/mol. The van der Waals surface area contributed by atoms with Gasteiger partial charge in [-0.15, -0.1) is 21.5 Å². The van der Waals surface area contributed by atoms with Gasteiger partial charge in [0, 0.05) is 17.1 Å². The van der Waals surface area contributed by atoms with E-state index in [9.17, 15) is 14.7 Å². The van der Waals surface area contributed by atoms with Crippen LogP contribution in [0.2, 0.25) is 0 Å². The second-order valence-corrected chi connectivity index (χ2v) is 10.2. The lowest BCUT2D eigenvalue weighted by Gasteiger charge is -2.26. The van der Waals surface area contributed by atoms with Crippen molar-refractivity contribution in [2.45, 2.75) is 44.7 Å². The molecule has 1 aliphatic rings. The molecule has 0 spiro atoms. The van der Waals surface area contributed by atoms with E-state index in [2.05, 4.69) is 24.0 Å². The molecule has 8 nitrogen and oxygen atoms in total. The third-order valence-corrected chi connectivity index (χ3v) is 7.77. The number of carbonyl (C=O) groups is 1.